The number of aryl methyl sites for hydroxylation is 1. The zero-order chi connectivity index (χ0) is 18.8. The number of pyridine rings is 1. The van der Waals surface area contributed by atoms with Crippen LogP contribution in [0.15, 0.2) is 30.5 Å². The van der Waals surface area contributed by atoms with Gasteiger partial charge in [0.1, 0.15) is 0 Å². The summed E-state index contributed by atoms with van der Waals surface area (Å²) in [4.78, 5) is 19.9. The van der Waals surface area contributed by atoms with Gasteiger partial charge in [-0.15, -0.1) is 0 Å². The second-order valence-corrected chi connectivity index (χ2v) is 7.43. The van der Waals surface area contributed by atoms with Crippen LogP contribution < -0.4 is 0 Å². The van der Waals surface area contributed by atoms with Crippen LogP contribution in [0.2, 0.25) is 0 Å². The first-order valence-corrected chi connectivity index (χ1v) is 9.93. The molecule has 27 heavy (non-hydrogen) atoms. The molecule has 0 unspecified atom stereocenters. The third kappa shape index (κ3) is 3.48. The van der Waals surface area contributed by atoms with Gasteiger partial charge in [0.05, 0.1) is 18.3 Å². The first-order chi connectivity index (χ1) is 13.2. The second kappa shape index (κ2) is 7.55. The lowest BCUT2D eigenvalue weighted by molar-refractivity contribution is 0.0519. The Kier molecular flexibility index (Phi) is 4.97. The Morgan fingerprint density at radius 3 is 2.85 bits per heavy atom. The molecule has 4 nitrogen and oxygen atoms in total. The molecular weight excluding hydrogens is 336 g/mol. The van der Waals surface area contributed by atoms with E-state index in [9.17, 15) is 4.79 Å². The second-order valence-electron chi connectivity index (χ2n) is 7.43. The number of aromatic amines is 1. The topological polar surface area (TPSA) is 55.0 Å². The molecule has 0 atom stereocenters. The molecule has 0 saturated heterocycles. The zero-order valence-electron chi connectivity index (χ0n) is 16.0. The van der Waals surface area contributed by atoms with Gasteiger partial charge in [-0.25, -0.2) is 9.78 Å². The largest absolute Gasteiger partial charge is 0.461 e. The van der Waals surface area contributed by atoms with Crippen molar-refractivity contribution in [3.05, 3.63) is 47.3 Å². The van der Waals surface area contributed by atoms with Crippen LogP contribution in [0, 0.1) is 12.8 Å². The Morgan fingerprint density at radius 1 is 1.26 bits per heavy atom. The van der Waals surface area contributed by atoms with E-state index in [0.29, 0.717) is 18.2 Å². The quantitative estimate of drug-likeness (QED) is 0.597. The number of allylic oxidation sites excluding steroid dienone is 1. The Hall–Kier alpha value is -2.62. The number of H-pyrrole nitrogens is 1. The highest BCUT2D eigenvalue weighted by Crippen LogP contribution is 2.31. The van der Waals surface area contributed by atoms with E-state index in [-0.39, 0.29) is 5.97 Å². The van der Waals surface area contributed by atoms with Crippen molar-refractivity contribution in [3.63, 3.8) is 0 Å². The van der Waals surface area contributed by atoms with E-state index >= 15 is 0 Å². The fraction of sp³-hybridized carbons (Fsp3) is 0.391. The number of nitrogens with zero attached hydrogens (tertiary/aromatic N) is 1. The van der Waals surface area contributed by atoms with E-state index in [0.717, 1.165) is 27.4 Å². The van der Waals surface area contributed by atoms with Crippen molar-refractivity contribution >= 4 is 33.9 Å². The summed E-state index contributed by atoms with van der Waals surface area (Å²) in [5, 5.41) is 2.18. The molecule has 0 amide bonds. The number of esters is 1. The maximum atomic E-state index is 12.2. The number of rotatable bonds is 4. The van der Waals surface area contributed by atoms with Crippen molar-refractivity contribution in [1.29, 1.82) is 0 Å². The molecule has 0 bridgehead atoms. The van der Waals surface area contributed by atoms with Crippen LogP contribution in [0.4, 0.5) is 0 Å². The van der Waals surface area contributed by atoms with E-state index < -0.39 is 0 Å². The molecule has 3 aromatic rings. The summed E-state index contributed by atoms with van der Waals surface area (Å²) in [6.45, 7) is 4.10. The van der Waals surface area contributed by atoms with Crippen LogP contribution in [0.1, 0.15) is 60.6 Å². The minimum Gasteiger partial charge on any atom is -0.461 e. The van der Waals surface area contributed by atoms with Gasteiger partial charge >= 0.3 is 5.97 Å². The maximum absolute atomic E-state index is 12.2. The Bertz CT molecular complexity index is 1010. The van der Waals surface area contributed by atoms with Crippen molar-refractivity contribution < 1.29 is 9.53 Å². The predicted molar refractivity (Wildman–Crippen MR) is 110 cm³/mol. The van der Waals surface area contributed by atoms with E-state index in [4.69, 9.17) is 4.74 Å². The van der Waals surface area contributed by atoms with Crippen molar-refractivity contribution in [2.24, 2.45) is 5.92 Å². The van der Waals surface area contributed by atoms with Crippen molar-refractivity contribution in [2.45, 2.75) is 46.0 Å². The first kappa shape index (κ1) is 17.8. The molecule has 1 N–H and O–H groups in total. The molecular formula is C23H26N2O2. The lowest BCUT2D eigenvalue weighted by Gasteiger charge is -2.17. The van der Waals surface area contributed by atoms with Crippen LogP contribution in [0.3, 0.4) is 0 Å². The van der Waals surface area contributed by atoms with Gasteiger partial charge < -0.3 is 9.72 Å². The summed E-state index contributed by atoms with van der Waals surface area (Å²) in [7, 11) is 0. The number of fused-ring (bicyclic) bond motifs is 3. The summed E-state index contributed by atoms with van der Waals surface area (Å²) >= 11 is 0. The van der Waals surface area contributed by atoms with Gasteiger partial charge in [0, 0.05) is 16.3 Å². The molecule has 4 rings (SSSR count). The molecule has 0 spiro atoms. The third-order valence-corrected chi connectivity index (χ3v) is 5.58. The number of carbonyl (C=O) groups excluding carboxylic acids is 1. The van der Waals surface area contributed by atoms with Gasteiger partial charge in [0.2, 0.25) is 0 Å². The number of hydrogen-bond donors (Lipinski definition) is 1. The predicted octanol–water partition coefficient (Wildman–Crippen LogP) is 5.79. The molecule has 1 aliphatic carbocycles. The molecule has 0 radical (unpaired) electrons. The van der Waals surface area contributed by atoms with Crippen molar-refractivity contribution in [1.82, 2.24) is 9.97 Å². The molecule has 1 saturated carbocycles. The minimum absolute atomic E-state index is 0.349. The molecule has 140 valence electrons. The molecule has 2 heterocycles. The summed E-state index contributed by atoms with van der Waals surface area (Å²) in [6.07, 6.45) is 13.0. The van der Waals surface area contributed by atoms with E-state index in [1.165, 1.54) is 37.7 Å². The third-order valence-electron chi connectivity index (χ3n) is 5.58. The highest BCUT2D eigenvalue weighted by Gasteiger charge is 2.17. The molecule has 1 fully saturated rings. The normalized spacial score (nSPS) is 15.8. The standard InChI is InChI=1S/C23H26N2O2/c1-3-27-23(26)22-15(2)21-18-13-17(10-9-16-7-5-4-6-8-16)11-12-19(18)25-20(21)14-24-22/h9-14,16,25H,3-8H2,1-2H3. The fourth-order valence-corrected chi connectivity index (χ4v) is 4.16. The lowest BCUT2D eigenvalue weighted by atomic mass is 9.88. The number of ether oxygens (including phenoxy) is 1. The summed E-state index contributed by atoms with van der Waals surface area (Å²) in [6, 6.07) is 6.46. The number of hydrogen-bond acceptors (Lipinski definition) is 3. The lowest BCUT2D eigenvalue weighted by Crippen LogP contribution is -2.09. The van der Waals surface area contributed by atoms with Gasteiger partial charge in [-0.05, 0) is 55.9 Å². The van der Waals surface area contributed by atoms with Crippen molar-refractivity contribution in [3.8, 4) is 0 Å². The fourth-order valence-electron chi connectivity index (χ4n) is 4.16. The summed E-state index contributed by atoms with van der Waals surface area (Å²) in [5.41, 5.74) is 4.47. The van der Waals surface area contributed by atoms with Crippen molar-refractivity contribution in [2.75, 3.05) is 6.61 Å². The molecule has 1 aromatic carbocycles. The molecule has 0 aliphatic heterocycles. The Morgan fingerprint density at radius 2 is 2.07 bits per heavy atom. The molecule has 1 aliphatic rings. The SMILES string of the molecule is CCOC(=O)c1ncc2[nH]c3ccc(C=CC4CCCCC4)cc3c2c1C. The first-order valence-electron chi connectivity index (χ1n) is 9.93. The smallest absolute Gasteiger partial charge is 0.357 e. The van der Waals surface area contributed by atoms with Crippen LogP contribution in [0.25, 0.3) is 27.9 Å². The van der Waals surface area contributed by atoms with E-state index in [2.05, 4.69) is 40.3 Å². The van der Waals surface area contributed by atoms with Gasteiger partial charge in [0.15, 0.2) is 5.69 Å². The number of benzene rings is 1. The maximum Gasteiger partial charge on any atom is 0.357 e. The number of carbonyl (C=O) groups is 1. The van der Waals surface area contributed by atoms with Crippen LogP contribution in [-0.4, -0.2) is 22.5 Å². The monoisotopic (exact) mass is 362 g/mol. The van der Waals surface area contributed by atoms with Crippen LogP contribution in [-0.2, 0) is 4.74 Å². The van der Waals surface area contributed by atoms with Crippen LogP contribution >= 0.6 is 0 Å². The molecule has 4 heteroatoms. The number of nitrogens with one attached hydrogen (secondary N) is 1. The Labute approximate surface area is 159 Å². The number of aromatic nitrogens is 2. The molecule has 2 aromatic heterocycles. The summed E-state index contributed by atoms with van der Waals surface area (Å²) in [5.74, 6) is 0.346. The van der Waals surface area contributed by atoms with Gasteiger partial charge in [-0.1, -0.05) is 37.5 Å². The van der Waals surface area contributed by atoms with Gasteiger partial charge in [-0.2, -0.15) is 0 Å². The average Bonchev–Trinajstić information content (AvgIpc) is 3.06. The minimum atomic E-state index is -0.361. The van der Waals surface area contributed by atoms with Gasteiger partial charge in [0.25, 0.3) is 0 Å². The van der Waals surface area contributed by atoms with Gasteiger partial charge in [-0.3, -0.25) is 0 Å². The van der Waals surface area contributed by atoms with E-state index in [1.807, 2.05) is 13.8 Å². The summed E-state index contributed by atoms with van der Waals surface area (Å²) < 4.78 is 5.15. The zero-order valence-corrected chi connectivity index (χ0v) is 16.0. The Balaban J connectivity index is 1.74. The van der Waals surface area contributed by atoms with E-state index in [1.54, 1.807) is 6.20 Å². The average molecular weight is 362 g/mol. The van der Waals surface area contributed by atoms with Crippen LogP contribution in [0.5, 0.6) is 0 Å². The highest BCUT2D eigenvalue weighted by molar-refractivity contribution is 6.11. The highest BCUT2D eigenvalue weighted by atomic mass is 16.5.